The summed E-state index contributed by atoms with van der Waals surface area (Å²) < 4.78 is 46.8. The molecule has 0 saturated carbocycles. The third kappa shape index (κ3) is 4.45. The van der Waals surface area contributed by atoms with Crippen LogP contribution in [-0.4, -0.2) is 59.5 Å². The molecule has 1 aromatic heterocycles. The van der Waals surface area contributed by atoms with E-state index in [-0.39, 0.29) is 43.3 Å². The lowest BCUT2D eigenvalue weighted by atomic mass is 9.64. The van der Waals surface area contributed by atoms with Crippen molar-refractivity contribution in [3.8, 4) is 12.1 Å². The van der Waals surface area contributed by atoms with Crippen LogP contribution in [0.1, 0.15) is 41.6 Å². The number of fused-ring (bicyclic) bond motifs is 3. The highest BCUT2D eigenvalue weighted by Crippen LogP contribution is 2.49. The van der Waals surface area contributed by atoms with E-state index in [0.717, 1.165) is 6.07 Å². The molecular formula is C27H27F3N6O3. The van der Waals surface area contributed by atoms with Crippen molar-refractivity contribution in [1.29, 1.82) is 5.26 Å². The van der Waals surface area contributed by atoms with Gasteiger partial charge < -0.3 is 19.9 Å². The molecule has 1 aromatic carbocycles. The molecule has 5 rings (SSSR count). The molecule has 9 nitrogen and oxygen atoms in total. The van der Waals surface area contributed by atoms with E-state index in [4.69, 9.17) is 4.74 Å². The van der Waals surface area contributed by atoms with E-state index >= 15 is 0 Å². The van der Waals surface area contributed by atoms with E-state index in [0.29, 0.717) is 48.7 Å². The Labute approximate surface area is 223 Å². The number of carbonyl (C=O) groups excluding carboxylic acids is 2. The van der Waals surface area contributed by atoms with Crippen LogP contribution in [-0.2, 0) is 34.0 Å². The molecule has 3 heterocycles. The van der Waals surface area contributed by atoms with Gasteiger partial charge in [-0.25, -0.2) is 0 Å². The minimum Gasteiger partial charge on any atom is -0.467 e. The largest absolute Gasteiger partial charge is 0.467 e. The molecule has 0 radical (unpaired) electrons. The number of nitrogens with one attached hydrogen (secondary N) is 1. The lowest BCUT2D eigenvalue weighted by Gasteiger charge is -2.44. The van der Waals surface area contributed by atoms with Gasteiger partial charge in [0.15, 0.2) is 5.82 Å². The van der Waals surface area contributed by atoms with E-state index < -0.39 is 29.1 Å². The van der Waals surface area contributed by atoms with E-state index in [2.05, 4.69) is 27.9 Å². The Balaban J connectivity index is 1.56. The molecule has 2 aromatic rings. The summed E-state index contributed by atoms with van der Waals surface area (Å²) in [6, 6.07) is 5.75. The van der Waals surface area contributed by atoms with Crippen LogP contribution in [0.4, 0.5) is 24.7 Å². The van der Waals surface area contributed by atoms with Crippen LogP contribution in [0.3, 0.4) is 0 Å². The summed E-state index contributed by atoms with van der Waals surface area (Å²) in [6.07, 6.45) is -2.10. The highest BCUT2D eigenvalue weighted by atomic mass is 19.4. The molecule has 1 aliphatic carbocycles. The van der Waals surface area contributed by atoms with Gasteiger partial charge >= 0.3 is 12.2 Å². The molecule has 39 heavy (non-hydrogen) atoms. The maximum atomic E-state index is 13.8. The van der Waals surface area contributed by atoms with Gasteiger partial charge in [0, 0.05) is 26.1 Å². The van der Waals surface area contributed by atoms with Crippen molar-refractivity contribution in [3.63, 3.8) is 0 Å². The molecule has 204 valence electrons. The third-order valence-electron chi connectivity index (χ3n) is 7.86. The zero-order chi connectivity index (χ0) is 27.9. The fraction of sp³-hybridized carbons (Fsp3) is 0.444. The van der Waals surface area contributed by atoms with Crippen LogP contribution < -0.4 is 15.0 Å². The number of halogens is 3. The summed E-state index contributed by atoms with van der Waals surface area (Å²) in [7, 11) is 1.41. The van der Waals surface area contributed by atoms with Gasteiger partial charge in [-0.05, 0) is 42.5 Å². The van der Waals surface area contributed by atoms with Crippen molar-refractivity contribution in [2.24, 2.45) is 0 Å². The second kappa shape index (κ2) is 9.87. The fourth-order valence-electron chi connectivity index (χ4n) is 6.07. The molecule has 1 fully saturated rings. The molecule has 2 unspecified atom stereocenters. The number of ether oxygens (including phenoxy) is 1. The molecule has 1 N–H and O–H groups in total. The molecule has 2 aliphatic heterocycles. The summed E-state index contributed by atoms with van der Waals surface area (Å²) in [4.78, 5) is 38.6. The van der Waals surface area contributed by atoms with Crippen molar-refractivity contribution >= 4 is 23.3 Å². The lowest BCUT2D eigenvalue weighted by Crippen LogP contribution is -2.55. The average molecular weight is 541 g/mol. The highest BCUT2D eigenvalue weighted by molar-refractivity contribution is 6.04. The van der Waals surface area contributed by atoms with Gasteiger partial charge in [0.05, 0.1) is 42.3 Å². The maximum Gasteiger partial charge on any atom is 0.416 e. The molecule has 0 bridgehead atoms. The van der Waals surface area contributed by atoms with Crippen molar-refractivity contribution < 1.29 is 27.5 Å². The number of anilines is 2. The smallest absolute Gasteiger partial charge is 0.416 e. The summed E-state index contributed by atoms with van der Waals surface area (Å²) in [5, 5.41) is 12.3. The Bertz CT molecular complexity index is 1390. The normalized spacial score (nSPS) is 22.4. The Kier molecular flexibility index (Phi) is 6.70. The SMILES string of the molecule is C=CC(=O)N1CCN(c2nc(OC)nc3c2NC(=O)C2(CCCc4c(C(F)(F)F)cccc42)C3)CC1CC#N. The zero-order valence-corrected chi connectivity index (χ0v) is 21.3. The van der Waals surface area contributed by atoms with Gasteiger partial charge in [0.2, 0.25) is 11.8 Å². The summed E-state index contributed by atoms with van der Waals surface area (Å²) in [6.45, 7) is 4.49. The first kappa shape index (κ1) is 26.5. The zero-order valence-electron chi connectivity index (χ0n) is 21.3. The fourth-order valence-corrected chi connectivity index (χ4v) is 6.07. The quantitative estimate of drug-likeness (QED) is 0.592. The van der Waals surface area contributed by atoms with Crippen molar-refractivity contribution in [2.45, 2.75) is 49.7 Å². The number of amides is 2. The van der Waals surface area contributed by atoms with Gasteiger partial charge in [-0.1, -0.05) is 18.7 Å². The van der Waals surface area contributed by atoms with Crippen LogP contribution in [0.5, 0.6) is 6.01 Å². The van der Waals surface area contributed by atoms with Crippen LogP contribution in [0.25, 0.3) is 0 Å². The Morgan fingerprint density at radius 2 is 2.15 bits per heavy atom. The summed E-state index contributed by atoms with van der Waals surface area (Å²) in [5.74, 6) is -0.297. The van der Waals surface area contributed by atoms with Crippen molar-refractivity contribution in [3.05, 3.63) is 53.2 Å². The second-order valence-electron chi connectivity index (χ2n) is 9.95. The third-order valence-corrected chi connectivity index (χ3v) is 7.86. The number of hydrogen-bond acceptors (Lipinski definition) is 7. The summed E-state index contributed by atoms with van der Waals surface area (Å²) in [5.41, 5.74) is -0.575. The van der Waals surface area contributed by atoms with E-state index in [1.54, 1.807) is 11.0 Å². The molecule has 2 amide bonds. The predicted octanol–water partition coefficient (Wildman–Crippen LogP) is 3.39. The van der Waals surface area contributed by atoms with E-state index in [1.807, 2.05) is 4.90 Å². The Morgan fingerprint density at radius 1 is 1.36 bits per heavy atom. The molecule has 2 atom stereocenters. The van der Waals surface area contributed by atoms with Crippen LogP contribution in [0, 0.1) is 11.3 Å². The number of carbonyl (C=O) groups is 2. The number of methoxy groups -OCH3 is 1. The maximum absolute atomic E-state index is 13.8. The Hall–Kier alpha value is -4.14. The number of hydrogen-bond donors (Lipinski definition) is 1. The highest BCUT2D eigenvalue weighted by Gasteiger charge is 2.50. The first-order valence-corrected chi connectivity index (χ1v) is 12.6. The average Bonchev–Trinajstić information content (AvgIpc) is 2.92. The number of piperazine rings is 1. The standard InChI is InChI=1S/C27H27F3N6O3/c1-3-21(37)36-13-12-35(15-16(36)9-11-31)23-22-20(32-25(34-23)39-2)14-26(24(38)33-22)10-5-6-17-18(26)7-4-8-19(17)27(28,29)30/h3-4,7-8,16H,1,5-6,9-10,12-15H2,2H3,(H,33,38). The molecule has 12 heteroatoms. The van der Waals surface area contributed by atoms with Gasteiger partial charge in [-0.2, -0.15) is 28.4 Å². The summed E-state index contributed by atoms with van der Waals surface area (Å²) >= 11 is 0. The number of nitrogens with zero attached hydrogens (tertiary/aromatic N) is 5. The van der Waals surface area contributed by atoms with E-state index in [1.165, 1.54) is 19.3 Å². The van der Waals surface area contributed by atoms with Crippen LogP contribution in [0.2, 0.25) is 0 Å². The van der Waals surface area contributed by atoms with E-state index in [9.17, 15) is 28.0 Å². The minimum absolute atomic E-state index is 0.0524. The van der Waals surface area contributed by atoms with Gasteiger partial charge in [0.1, 0.15) is 5.69 Å². The van der Waals surface area contributed by atoms with Gasteiger partial charge in [0.25, 0.3) is 0 Å². The van der Waals surface area contributed by atoms with Crippen LogP contribution in [0.15, 0.2) is 30.9 Å². The minimum atomic E-state index is -4.53. The molecular weight excluding hydrogens is 513 g/mol. The Morgan fingerprint density at radius 3 is 2.85 bits per heavy atom. The second-order valence-corrected chi connectivity index (χ2v) is 9.95. The van der Waals surface area contributed by atoms with Crippen molar-refractivity contribution in [1.82, 2.24) is 14.9 Å². The van der Waals surface area contributed by atoms with Crippen molar-refractivity contribution in [2.75, 3.05) is 37.0 Å². The van der Waals surface area contributed by atoms with Gasteiger partial charge in [-0.15, -0.1) is 0 Å². The predicted molar refractivity (Wildman–Crippen MR) is 135 cm³/mol. The van der Waals surface area contributed by atoms with Crippen LogP contribution >= 0.6 is 0 Å². The number of alkyl halides is 3. The first-order valence-electron chi connectivity index (χ1n) is 12.6. The van der Waals surface area contributed by atoms with Gasteiger partial charge in [-0.3, -0.25) is 9.59 Å². The monoisotopic (exact) mass is 540 g/mol. The molecule has 1 spiro atoms. The number of aromatic nitrogens is 2. The molecule has 1 saturated heterocycles. The number of rotatable bonds is 4. The topological polar surface area (TPSA) is 111 Å². The number of benzene rings is 1. The number of nitriles is 1. The lowest BCUT2D eigenvalue weighted by molar-refractivity contribution is -0.138. The first-order chi connectivity index (χ1) is 18.6. The molecule has 3 aliphatic rings.